The standard InChI is InChI=1S/C17H17N3O2S/c1-3-12-9-13-16(20(2)10-14(21)22)18-15(19-17(13)23-12)11-7-5-4-6-8-11/h4-9H,3,10H2,1-2H3,(H,21,22). The molecule has 23 heavy (non-hydrogen) atoms. The minimum atomic E-state index is -0.883. The first-order valence-corrected chi connectivity index (χ1v) is 8.19. The van der Waals surface area contributed by atoms with Gasteiger partial charge in [-0.25, -0.2) is 9.97 Å². The number of hydrogen-bond donors (Lipinski definition) is 1. The minimum absolute atomic E-state index is 0.0996. The van der Waals surface area contributed by atoms with E-state index in [1.807, 2.05) is 30.3 Å². The third-order valence-electron chi connectivity index (χ3n) is 3.54. The van der Waals surface area contributed by atoms with Crippen LogP contribution in [0.25, 0.3) is 21.6 Å². The monoisotopic (exact) mass is 327 g/mol. The van der Waals surface area contributed by atoms with Gasteiger partial charge in [0.2, 0.25) is 0 Å². The zero-order valence-corrected chi connectivity index (χ0v) is 13.8. The van der Waals surface area contributed by atoms with Crippen molar-refractivity contribution in [3.8, 4) is 11.4 Å². The topological polar surface area (TPSA) is 66.3 Å². The number of nitrogens with zero attached hydrogens (tertiary/aromatic N) is 3. The minimum Gasteiger partial charge on any atom is -0.480 e. The van der Waals surface area contributed by atoms with Crippen molar-refractivity contribution in [2.24, 2.45) is 0 Å². The van der Waals surface area contributed by atoms with E-state index in [-0.39, 0.29) is 6.54 Å². The number of aryl methyl sites for hydroxylation is 1. The van der Waals surface area contributed by atoms with Crippen LogP contribution in [0.1, 0.15) is 11.8 Å². The normalized spacial score (nSPS) is 10.9. The maximum absolute atomic E-state index is 11.1. The van der Waals surface area contributed by atoms with Gasteiger partial charge in [-0.15, -0.1) is 11.3 Å². The lowest BCUT2D eigenvalue weighted by molar-refractivity contribution is -0.135. The van der Waals surface area contributed by atoms with Crippen molar-refractivity contribution in [3.05, 3.63) is 41.3 Å². The highest BCUT2D eigenvalue weighted by Crippen LogP contribution is 2.33. The number of benzene rings is 1. The number of carboxylic acids is 1. The molecule has 3 rings (SSSR count). The molecule has 2 aromatic heterocycles. The third-order valence-corrected chi connectivity index (χ3v) is 4.71. The number of aromatic nitrogens is 2. The lowest BCUT2D eigenvalue weighted by atomic mass is 10.2. The summed E-state index contributed by atoms with van der Waals surface area (Å²) in [6.07, 6.45) is 0.920. The SMILES string of the molecule is CCc1cc2c(N(C)CC(=O)O)nc(-c3ccccc3)nc2s1. The van der Waals surface area contributed by atoms with Crippen molar-refractivity contribution in [3.63, 3.8) is 0 Å². The second-order valence-corrected chi connectivity index (χ2v) is 6.39. The number of anilines is 1. The molecule has 3 aromatic rings. The summed E-state index contributed by atoms with van der Waals surface area (Å²) < 4.78 is 0. The summed E-state index contributed by atoms with van der Waals surface area (Å²) in [5.41, 5.74) is 0.922. The van der Waals surface area contributed by atoms with Crippen molar-refractivity contribution < 1.29 is 9.90 Å². The number of aliphatic carboxylic acids is 1. The molecule has 0 saturated carbocycles. The van der Waals surface area contributed by atoms with Crippen LogP contribution in [-0.2, 0) is 11.2 Å². The molecule has 0 aliphatic carbocycles. The second-order valence-electron chi connectivity index (χ2n) is 5.27. The number of fused-ring (bicyclic) bond motifs is 1. The number of hydrogen-bond acceptors (Lipinski definition) is 5. The molecule has 0 aliphatic heterocycles. The van der Waals surface area contributed by atoms with Crippen LogP contribution in [0.5, 0.6) is 0 Å². The molecular formula is C17H17N3O2S. The molecule has 0 spiro atoms. The Bertz CT molecular complexity index is 846. The van der Waals surface area contributed by atoms with E-state index in [1.54, 1.807) is 23.3 Å². The smallest absolute Gasteiger partial charge is 0.323 e. The summed E-state index contributed by atoms with van der Waals surface area (Å²) in [5.74, 6) is 0.397. The summed E-state index contributed by atoms with van der Waals surface area (Å²) in [6, 6.07) is 11.8. The molecule has 1 N–H and O–H groups in total. The first kappa shape index (κ1) is 15.4. The van der Waals surface area contributed by atoms with Gasteiger partial charge in [0.05, 0.1) is 5.39 Å². The van der Waals surface area contributed by atoms with Gasteiger partial charge < -0.3 is 10.0 Å². The summed E-state index contributed by atoms with van der Waals surface area (Å²) in [5, 5.41) is 9.98. The second kappa shape index (κ2) is 6.34. The van der Waals surface area contributed by atoms with Crippen molar-refractivity contribution >= 4 is 33.3 Å². The number of carboxylic acid groups (broad SMARTS) is 1. The lowest BCUT2D eigenvalue weighted by Crippen LogP contribution is -2.26. The van der Waals surface area contributed by atoms with E-state index >= 15 is 0 Å². The van der Waals surface area contributed by atoms with Gasteiger partial charge in [-0.1, -0.05) is 37.3 Å². The predicted octanol–water partition coefficient (Wildman–Crippen LogP) is 3.44. The fourth-order valence-electron chi connectivity index (χ4n) is 2.42. The summed E-state index contributed by atoms with van der Waals surface area (Å²) in [4.78, 5) is 24.1. The van der Waals surface area contributed by atoms with E-state index in [0.717, 1.165) is 22.2 Å². The Kier molecular flexibility index (Phi) is 4.25. The van der Waals surface area contributed by atoms with Crippen LogP contribution >= 0.6 is 11.3 Å². The van der Waals surface area contributed by atoms with Crippen molar-refractivity contribution in [1.82, 2.24) is 9.97 Å². The molecule has 0 saturated heterocycles. The summed E-state index contributed by atoms with van der Waals surface area (Å²) in [7, 11) is 1.74. The first-order valence-electron chi connectivity index (χ1n) is 7.37. The molecule has 0 bridgehead atoms. The van der Waals surface area contributed by atoms with Gasteiger partial charge in [0.1, 0.15) is 17.2 Å². The van der Waals surface area contributed by atoms with Crippen LogP contribution in [0.2, 0.25) is 0 Å². The molecule has 0 atom stereocenters. The van der Waals surface area contributed by atoms with Crippen molar-refractivity contribution in [2.45, 2.75) is 13.3 Å². The largest absolute Gasteiger partial charge is 0.480 e. The van der Waals surface area contributed by atoms with E-state index in [0.29, 0.717) is 11.6 Å². The zero-order valence-electron chi connectivity index (χ0n) is 13.0. The predicted molar refractivity (Wildman–Crippen MR) is 93.1 cm³/mol. The molecule has 2 heterocycles. The zero-order chi connectivity index (χ0) is 16.4. The van der Waals surface area contributed by atoms with Gasteiger partial charge in [0, 0.05) is 17.5 Å². The van der Waals surface area contributed by atoms with Gasteiger partial charge >= 0.3 is 5.97 Å². The van der Waals surface area contributed by atoms with Gasteiger partial charge in [0.15, 0.2) is 5.82 Å². The van der Waals surface area contributed by atoms with Crippen molar-refractivity contribution in [2.75, 3.05) is 18.5 Å². The molecular weight excluding hydrogens is 310 g/mol. The molecule has 118 valence electrons. The van der Waals surface area contributed by atoms with Crippen LogP contribution in [0.3, 0.4) is 0 Å². The maximum Gasteiger partial charge on any atom is 0.323 e. The maximum atomic E-state index is 11.1. The lowest BCUT2D eigenvalue weighted by Gasteiger charge is -2.17. The average Bonchev–Trinajstić information content (AvgIpc) is 2.97. The molecule has 6 heteroatoms. The molecule has 0 fully saturated rings. The fourth-order valence-corrected chi connectivity index (χ4v) is 3.38. The number of likely N-dealkylation sites (N-methyl/N-ethyl adjacent to an activating group) is 1. The highest BCUT2D eigenvalue weighted by Gasteiger charge is 2.17. The van der Waals surface area contributed by atoms with Crippen LogP contribution < -0.4 is 4.90 Å². The Hall–Kier alpha value is -2.47. The summed E-state index contributed by atoms with van der Waals surface area (Å²) >= 11 is 1.63. The Morgan fingerprint density at radius 1 is 1.26 bits per heavy atom. The molecule has 0 aliphatic rings. The van der Waals surface area contributed by atoms with Gasteiger partial charge in [-0.05, 0) is 12.5 Å². The quantitative estimate of drug-likeness (QED) is 0.777. The highest BCUT2D eigenvalue weighted by molar-refractivity contribution is 7.18. The molecule has 0 radical (unpaired) electrons. The van der Waals surface area contributed by atoms with Crippen LogP contribution in [-0.4, -0.2) is 34.6 Å². The average molecular weight is 327 g/mol. The first-order chi connectivity index (χ1) is 11.1. The Labute approximate surface area is 138 Å². The Morgan fingerprint density at radius 3 is 2.65 bits per heavy atom. The Balaban J connectivity index is 2.18. The highest BCUT2D eigenvalue weighted by atomic mass is 32.1. The van der Waals surface area contributed by atoms with E-state index in [1.165, 1.54) is 4.88 Å². The number of rotatable bonds is 5. The van der Waals surface area contributed by atoms with E-state index < -0.39 is 5.97 Å². The van der Waals surface area contributed by atoms with E-state index in [9.17, 15) is 4.79 Å². The molecule has 0 unspecified atom stereocenters. The van der Waals surface area contributed by atoms with E-state index in [2.05, 4.69) is 23.0 Å². The third kappa shape index (κ3) is 3.17. The van der Waals surface area contributed by atoms with Gasteiger partial charge in [0.25, 0.3) is 0 Å². The molecule has 5 nitrogen and oxygen atoms in total. The number of thiophene rings is 1. The Morgan fingerprint density at radius 2 is 2.00 bits per heavy atom. The van der Waals surface area contributed by atoms with Gasteiger partial charge in [-0.3, -0.25) is 4.79 Å². The van der Waals surface area contributed by atoms with Crippen molar-refractivity contribution in [1.29, 1.82) is 0 Å². The van der Waals surface area contributed by atoms with Crippen LogP contribution in [0, 0.1) is 0 Å². The van der Waals surface area contributed by atoms with Gasteiger partial charge in [-0.2, -0.15) is 0 Å². The van der Waals surface area contributed by atoms with Crippen LogP contribution in [0.15, 0.2) is 36.4 Å². The molecule has 1 aromatic carbocycles. The summed E-state index contributed by atoms with van der Waals surface area (Å²) in [6.45, 7) is 1.99. The van der Waals surface area contributed by atoms with Crippen LogP contribution in [0.4, 0.5) is 5.82 Å². The number of carbonyl (C=O) groups is 1. The van der Waals surface area contributed by atoms with E-state index in [4.69, 9.17) is 5.11 Å². The molecule has 0 amide bonds. The fraction of sp³-hybridized carbons (Fsp3) is 0.235.